The highest BCUT2D eigenvalue weighted by Gasteiger charge is 2.30. The number of benzene rings is 1. The van der Waals surface area contributed by atoms with E-state index in [4.69, 9.17) is 5.73 Å². The molecule has 1 amide bonds. The SMILES string of the molecule is NC(=O)C(c1ccc(F)cc1)N1CCCC(Cn2cncn2)C1. The van der Waals surface area contributed by atoms with Gasteiger partial charge in [0.2, 0.25) is 5.91 Å². The van der Waals surface area contributed by atoms with E-state index in [2.05, 4.69) is 15.0 Å². The van der Waals surface area contributed by atoms with Crippen molar-refractivity contribution in [3.8, 4) is 0 Å². The lowest BCUT2D eigenvalue weighted by molar-refractivity contribution is -0.124. The second-order valence-electron chi connectivity index (χ2n) is 5.98. The van der Waals surface area contributed by atoms with Crippen LogP contribution < -0.4 is 5.73 Å². The van der Waals surface area contributed by atoms with E-state index in [1.807, 2.05) is 4.68 Å². The summed E-state index contributed by atoms with van der Waals surface area (Å²) in [5.74, 6) is -0.342. The third kappa shape index (κ3) is 3.73. The Morgan fingerprint density at radius 3 is 2.83 bits per heavy atom. The molecule has 2 aromatic rings. The molecular weight excluding hydrogens is 297 g/mol. The number of nitrogens with zero attached hydrogens (tertiary/aromatic N) is 4. The molecule has 0 spiro atoms. The number of nitrogens with two attached hydrogens (primary N) is 1. The number of amides is 1. The Bertz CT molecular complexity index is 643. The molecule has 1 aromatic heterocycles. The largest absolute Gasteiger partial charge is 0.368 e. The summed E-state index contributed by atoms with van der Waals surface area (Å²) >= 11 is 0. The minimum atomic E-state index is -0.519. The van der Waals surface area contributed by atoms with E-state index in [1.54, 1.807) is 18.5 Å². The van der Waals surface area contributed by atoms with Crippen molar-refractivity contribution >= 4 is 5.91 Å². The summed E-state index contributed by atoms with van der Waals surface area (Å²) in [4.78, 5) is 18.0. The maximum absolute atomic E-state index is 13.1. The van der Waals surface area contributed by atoms with Gasteiger partial charge in [0.25, 0.3) is 0 Å². The maximum atomic E-state index is 13.1. The molecule has 2 N–H and O–H groups in total. The Kier molecular flexibility index (Phi) is 4.66. The molecule has 2 unspecified atom stereocenters. The maximum Gasteiger partial charge on any atom is 0.239 e. The zero-order valence-electron chi connectivity index (χ0n) is 12.8. The summed E-state index contributed by atoms with van der Waals surface area (Å²) in [5.41, 5.74) is 6.35. The van der Waals surface area contributed by atoms with Crippen LogP contribution in [0.25, 0.3) is 0 Å². The van der Waals surface area contributed by atoms with Crippen LogP contribution in [0.3, 0.4) is 0 Å². The molecule has 7 heteroatoms. The Morgan fingerprint density at radius 1 is 1.39 bits per heavy atom. The van der Waals surface area contributed by atoms with Crippen LogP contribution in [0, 0.1) is 11.7 Å². The topological polar surface area (TPSA) is 77.0 Å². The molecular formula is C16H20FN5O. The third-order valence-electron chi connectivity index (χ3n) is 4.28. The first-order chi connectivity index (χ1) is 11.1. The second kappa shape index (κ2) is 6.87. The number of carbonyl (C=O) groups excluding carboxylic acids is 1. The summed E-state index contributed by atoms with van der Waals surface area (Å²) in [6, 6.07) is 5.47. The van der Waals surface area contributed by atoms with Gasteiger partial charge in [-0.05, 0) is 43.0 Å². The predicted octanol–water partition coefficient (Wildman–Crippen LogP) is 1.36. The molecule has 6 nitrogen and oxygen atoms in total. The zero-order chi connectivity index (χ0) is 16.2. The average Bonchev–Trinajstić information content (AvgIpc) is 3.02. The van der Waals surface area contributed by atoms with Gasteiger partial charge >= 0.3 is 0 Å². The summed E-state index contributed by atoms with van der Waals surface area (Å²) in [7, 11) is 0. The number of halogens is 1. The van der Waals surface area contributed by atoms with Gasteiger partial charge in [0.05, 0.1) is 0 Å². The second-order valence-corrected chi connectivity index (χ2v) is 5.98. The molecule has 0 bridgehead atoms. The van der Waals surface area contributed by atoms with E-state index in [1.165, 1.54) is 18.5 Å². The number of carbonyl (C=O) groups is 1. The van der Waals surface area contributed by atoms with Crippen LogP contribution in [0.1, 0.15) is 24.4 Å². The highest BCUT2D eigenvalue weighted by Crippen LogP contribution is 2.27. The number of rotatable bonds is 5. The third-order valence-corrected chi connectivity index (χ3v) is 4.28. The average molecular weight is 317 g/mol. The Balaban J connectivity index is 1.74. The molecule has 1 fully saturated rings. The number of hydrogen-bond donors (Lipinski definition) is 1. The molecule has 3 rings (SSSR count). The molecule has 2 heterocycles. The van der Waals surface area contributed by atoms with Gasteiger partial charge in [-0.25, -0.2) is 9.37 Å². The molecule has 0 aliphatic carbocycles. The summed E-state index contributed by atoms with van der Waals surface area (Å²) in [6.45, 7) is 2.33. The summed E-state index contributed by atoms with van der Waals surface area (Å²) < 4.78 is 14.9. The molecule has 0 saturated carbocycles. The number of likely N-dealkylation sites (tertiary alicyclic amines) is 1. The quantitative estimate of drug-likeness (QED) is 0.903. The fourth-order valence-corrected chi connectivity index (χ4v) is 3.27. The molecule has 1 saturated heterocycles. The van der Waals surface area contributed by atoms with Crippen LogP contribution in [0.2, 0.25) is 0 Å². The van der Waals surface area contributed by atoms with Crippen LogP contribution in [0.15, 0.2) is 36.9 Å². The van der Waals surface area contributed by atoms with Crippen molar-refractivity contribution in [1.82, 2.24) is 19.7 Å². The van der Waals surface area contributed by atoms with Gasteiger partial charge in [-0.15, -0.1) is 0 Å². The lowest BCUT2D eigenvalue weighted by Crippen LogP contribution is -2.44. The van der Waals surface area contributed by atoms with E-state index in [9.17, 15) is 9.18 Å². The van der Waals surface area contributed by atoms with Crippen molar-refractivity contribution in [1.29, 1.82) is 0 Å². The van der Waals surface area contributed by atoms with E-state index >= 15 is 0 Å². The Labute approximate surface area is 134 Å². The van der Waals surface area contributed by atoms with Gasteiger partial charge in [-0.2, -0.15) is 5.10 Å². The molecule has 122 valence electrons. The molecule has 1 aromatic carbocycles. The molecule has 23 heavy (non-hydrogen) atoms. The number of hydrogen-bond acceptors (Lipinski definition) is 4. The van der Waals surface area contributed by atoms with Gasteiger partial charge in [0.1, 0.15) is 24.5 Å². The highest BCUT2D eigenvalue weighted by molar-refractivity contribution is 5.81. The molecule has 1 aliphatic rings. The number of piperidine rings is 1. The molecule has 1 aliphatic heterocycles. The summed E-state index contributed by atoms with van der Waals surface area (Å²) in [6.07, 6.45) is 5.28. The van der Waals surface area contributed by atoms with Crippen molar-refractivity contribution in [2.24, 2.45) is 11.7 Å². The fraction of sp³-hybridized carbons (Fsp3) is 0.438. The van der Waals surface area contributed by atoms with Crippen LogP contribution in [0.4, 0.5) is 4.39 Å². The van der Waals surface area contributed by atoms with Crippen molar-refractivity contribution in [2.75, 3.05) is 13.1 Å². The van der Waals surface area contributed by atoms with Gasteiger partial charge in [0, 0.05) is 13.1 Å². The first-order valence-corrected chi connectivity index (χ1v) is 7.74. The normalized spacial score (nSPS) is 20.3. The van der Waals surface area contributed by atoms with Crippen LogP contribution >= 0.6 is 0 Å². The minimum Gasteiger partial charge on any atom is -0.368 e. The van der Waals surface area contributed by atoms with E-state index < -0.39 is 11.9 Å². The zero-order valence-corrected chi connectivity index (χ0v) is 12.8. The lowest BCUT2D eigenvalue weighted by atomic mass is 9.94. The summed E-state index contributed by atoms with van der Waals surface area (Å²) in [5, 5.41) is 4.14. The first kappa shape index (κ1) is 15.6. The monoisotopic (exact) mass is 317 g/mol. The van der Waals surface area contributed by atoms with Crippen molar-refractivity contribution in [2.45, 2.75) is 25.4 Å². The van der Waals surface area contributed by atoms with Crippen molar-refractivity contribution < 1.29 is 9.18 Å². The number of aromatic nitrogens is 3. The van der Waals surface area contributed by atoms with Crippen LogP contribution in [-0.2, 0) is 11.3 Å². The van der Waals surface area contributed by atoms with E-state index in [-0.39, 0.29) is 5.82 Å². The molecule has 2 atom stereocenters. The predicted molar refractivity (Wildman–Crippen MR) is 82.7 cm³/mol. The smallest absolute Gasteiger partial charge is 0.239 e. The van der Waals surface area contributed by atoms with E-state index in [0.29, 0.717) is 5.92 Å². The fourth-order valence-electron chi connectivity index (χ4n) is 3.27. The standard InChI is InChI=1S/C16H20FN5O/c17-14-5-3-13(4-6-14)15(16(18)23)21-7-1-2-12(8-21)9-22-11-19-10-20-22/h3-6,10-12,15H,1-2,7-9H2,(H2,18,23). The minimum absolute atomic E-state index is 0.320. The van der Waals surface area contributed by atoms with Crippen molar-refractivity contribution in [3.63, 3.8) is 0 Å². The van der Waals surface area contributed by atoms with E-state index in [0.717, 1.165) is 38.0 Å². The van der Waals surface area contributed by atoms with Gasteiger partial charge < -0.3 is 5.73 Å². The molecule has 0 radical (unpaired) electrons. The van der Waals surface area contributed by atoms with Gasteiger partial charge in [-0.1, -0.05) is 12.1 Å². The van der Waals surface area contributed by atoms with Crippen LogP contribution in [-0.4, -0.2) is 38.7 Å². The number of primary amides is 1. The lowest BCUT2D eigenvalue weighted by Gasteiger charge is -2.37. The van der Waals surface area contributed by atoms with Crippen LogP contribution in [0.5, 0.6) is 0 Å². The highest BCUT2D eigenvalue weighted by atomic mass is 19.1. The first-order valence-electron chi connectivity index (χ1n) is 7.74. The Morgan fingerprint density at radius 2 is 2.17 bits per heavy atom. The van der Waals surface area contributed by atoms with Gasteiger partial charge in [0.15, 0.2) is 0 Å². The van der Waals surface area contributed by atoms with Crippen molar-refractivity contribution in [3.05, 3.63) is 48.3 Å². The van der Waals surface area contributed by atoms with Gasteiger partial charge in [-0.3, -0.25) is 14.4 Å². The Hall–Kier alpha value is -2.28.